The summed E-state index contributed by atoms with van der Waals surface area (Å²) in [4.78, 5) is 8.98. The van der Waals surface area contributed by atoms with Gasteiger partial charge in [-0.05, 0) is 62.7 Å². The number of rotatable bonds is 4. The molecule has 0 unspecified atom stereocenters. The van der Waals surface area contributed by atoms with Crippen LogP contribution in [0.5, 0.6) is 5.75 Å². The normalized spacial score (nSPS) is 24.9. The molecule has 1 saturated carbocycles. The van der Waals surface area contributed by atoms with Gasteiger partial charge in [-0.1, -0.05) is 18.2 Å². The van der Waals surface area contributed by atoms with Gasteiger partial charge >= 0.3 is 6.36 Å². The van der Waals surface area contributed by atoms with E-state index in [-0.39, 0.29) is 11.7 Å². The van der Waals surface area contributed by atoms with E-state index >= 15 is 0 Å². The molecular weight excluding hydrogens is 395 g/mol. The molecular formula is C22H26F3N3O2. The minimum Gasteiger partial charge on any atom is -0.432 e. The lowest BCUT2D eigenvalue weighted by molar-refractivity contribution is -0.275. The van der Waals surface area contributed by atoms with Crippen LogP contribution < -0.4 is 9.64 Å². The summed E-state index contributed by atoms with van der Waals surface area (Å²) in [7, 11) is 0. The number of oxazole rings is 1. The fourth-order valence-electron chi connectivity index (χ4n) is 5.66. The van der Waals surface area contributed by atoms with Gasteiger partial charge in [-0.3, -0.25) is 0 Å². The molecule has 30 heavy (non-hydrogen) atoms. The second-order valence-corrected chi connectivity index (χ2v) is 8.96. The Bertz CT molecular complexity index is 857. The standard InChI is InChI=1S/C22H26F3N3O2/c23-22(24,25)30-19-4-2-1-3-18(19)16-6-10-27(11-7-16)17-5-8-21(13-17)14-28(15-21)20-26-9-12-29-20/h1-4,9,12,16-17H,5-8,10-11,13-15H2/t17-/m1/s1. The maximum Gasteiger partial charge on any atom is 0.573 e. The first-order chi connectivity index (χ1) is 14.4. The highest BCUT2D eigenvalue weighted by Gasteiger charge is 2.50. The van der Waals surface area contributed by atoms with E-state index in [2.05, 4.69) is 19.5 Å². The highest BCUT2D eigenvalue weighted by Crippen LogP contribution is 2.49. The Balaban J connectivity index is 1.16. The summed E-state index contributed by atoms with van der Waals surface area (Å²) in [6.45, 7) is 3.86. The molecule has 3 fully saturated rings. The van der Waals surface area contributed by atoms with Crippen LogP contribution in [0, 0.1) is 5.41 Å². The quantitative estimate of drug-likeness (QED) is 0.709. The van der Waals surface area contributed by atoms with Crippen molar-refractivity contribution in [1.29, 1.82) is 0 Å². The van der Waals surface area contributed by atoms with Crippen molar-refractivity contribution in [3.8, 4) is 5.75 Å². The third-order valence-corrected chi connectivity index (χ3v) is 7.05. The van der Waals surface area contributed by atoms with E-state index in [1.54, 1.807) is 30.7 Å². The third kappa shape index (κ3) is 3.89. The third-order valence-electron chi connectivity index (χ3n) is 7.05. The van der Waals surface area contributed by atoms with E-state index in [4.69, 9.17) is 4.42 Å². The van der Waals surface area contributed by atoms with Gasteiger partial charge in [0.25, 0.3) is 6.01 Å². The van der Waals surface area contributed by atoms with Gasteiger partial charge in [0.2, 0.25) is 0 Å². The van der Waals surface area contributed by atoms with Crippen molar-refractivity contribution in [3.05, 3.63) is 42.3 Å². The van der Waals surface area contributed by atoms with Gasteiger partial charge in [0.1, 0.15) is 12.0 Å². The van der Waals surface area contributed by atoms with Crippen molar-refractivity contribution in [1.82, 2.24) is 9.88 Å². The molecule has 8 heteroatoms. The molecule has 1 aromatic heterocycles. The average molecular weight is 421 g/mol. The molecule has 2 saturated heterocycles. The van der Waals surface area contributed by atoms with Gasteiger partial charge in [0.05, 0.1) is 6.20 Å². The molecule has 5 rings (SSSR count). The molecule has 0 N–H and O–H groups in total. The topological polar surface area (TPSA) is 41.7 Å². The second kappa shape index (κ2) is 7.48. The number of anilines is 1. The molecule has 3 aliphatic rings. The minimum absolute atomic E-state index is 0.0515. The lowest BCUT2D eigenvalue weighted by atomic mass is 9.78. The number of ether oxygens (including phenoxy) is 1. The molecule has 2 aromatic rings. The minimum atomic E-state index is -4.66. The highest BCUT2D eigenvalue weighted by atomic mass is 19.4. The average Bonchev–Trinajstić information content (AvgIpc) is 3.36. The number of aromatic nitrogens is 1. The molecule has 3 heterocycles. The summed E-state index contributed by atoms with van der Waals surface area (Å²) in [6.07, 6.45) is 3.96. The number of halogens is 3. The maximum absolute atomic E-state index is 12.7. The van der Waals surface area contributed by atoms with Crippen LogP contribution in [-0.4, -0.2) is 48.5 Å². The van der Waals surface area contributed by atoms with Crippen LogP contribution in [0.25, 0.3) is 0 Å². The van der Waals surface area contributed by atoms with Crippen LogP contribution >= 0.6 is 0 Å². The smallest absolute Gasteiger partial charge is 0.432 e. The molecule has 1 aromatic carbocycles. The van der Waals surface area contributed by atoms with E-state index in [1.807, 2.05) is 0 Å². The number of hydrogen-bond donors (Lipinski definition) is 0. The summed E-state index contributed by atoms with van der Waals surface area (Å²) in [5, 5.41) is 0. The predicted molar refractivity (Wildman–Crippen MR) is 105 cm³/mol. The van der Waals surface area contributed by atoms with E-state index in [0.717, 1.165) is 39.0 Å². The first kappa shape index (κ1) is 19.7. The second-order valence-electron chi connectivity index (χ2n) is 8.96. The van der Waals surface area contributed by atoms with Gasteiger partial charge in [0, 0.05) is 24.5 Å². The SMILES string of the molecule is FC(F)(F)Oc1ccccc1C1CCN([C@@H]2CCC3(C2)CN(c2ncco2)C3)CC1. The van der Waals surface area contributed by atoms with Crippen molar-refractivity contribution in [2.45, 2.75) is 50.4 Å². The zero-order valence-corrected chi connectivity index (χ0v) is 16.8. The molecule has 162 valence electrons. The number of nitrogens with zero attached hydrogens (tertiary/aromatic N) is 3. The predicted octanol–water partition coefficient (Wildman–Crippen LogP) is 4.81. The van der Waals surface area contributed by atoms with Crippen LogP contribution in [0.3, 0.4) is 0 Å². The summed E-state index contributed by atoms with van der Waals surface area (Å²) in [5.41, 5.74) is 1.04. The molecule has 0 amide bonds. The maximum atomic E-state index is 12.7. The molecule has 1 atom stereocenters. The zero-order valence-electron chi connectivity index (χ0n) is 16.8. The first-order valence-electron chi connectivity index (χ1n) is 10.6. The van der Waals surface area contributed by atoms with E-state index < -0.39 is 6.36 Å². The van der Waals surface area contributed by atoms with Crippen molar-refractivity contribution >= 4 is 6.01 Å². The van der Waals surface area contributed by atoms with E-state index in [1.165, 1.54) is 25.3 Å². The molecule has 0 bridgehead atoms. The van der Waals surface area contributed by atoms with Crippen molar-refractivity contribution in [2.24, 2.45) is 5.41 Å². The van der Waals surface area contributed by atoms with Crippen molar-refractivity contribution < 1.29 is 22.3 Å². The van der Waals surface area contributed by atoms with Gasteiger partial charge in [0.15, 0.2) is 0 Å². The van der Waals surface area contributed by atoms with Gasteiger partial charge < -0.3 is 19.0 Å². The Morgan fingerprint density at radius 1 is 1.10 bits per heavy atom. The molecule has 1 spiro atoms. The Hall–Kier alpha value is -2.22. The number of alkyl halides is 3. The number of hydrogen-bond acceptors (Lipinski definition) is 5. The fourth-order valence-corrected chi connectivity index (χ4v) is 5.66. The largest absolute Gasteiger partial charge is 0.573 e. The Morgan fingerprint density at radius 3 is 2.57 bits per heavy atom. The Morgan fingerprint density at radius 2 is 1.87 bits per heavy atom. The van der Waals surface area contributed by atoms with Crippen molar-refractivity contribution in [3.63, 3.8) is 0 Å². The number of piperidine rings is 1. The van der Waals surface area contributed by atoms with E-state index in [9.17, 15) is 13.2 Å². The first-order valence-corrected chi connectivity index (χ1v) is 10.6. The monoisotopic (exact) mass is 421 g/mol. The lowest BCUT2D eigenvalue weighted by Gasteiger charge is -2.48. The number of benzene rings is 1. The zero-order chi connectivity index (χ0) is 20.8. The van der Waals surface area contributed by atoms with Crippen LogP contribution in [-0.2, 0) is 0 Å². The lowest BCUT2D eigenvalue weighted by Crippen LogP contribution is -2.56. The van der Waals surface area contributed by atoms with Crippen molar-refractivity contribution in [2.75, 3.05) is 31.1 Å². The molecule has 1 aliphatic carbocycles. The van der Waals surface area contributed by atoms with Crippen LogP contribution in [0.15, 0.2) is 41.1 Å². The summed E-state index contributed by atoms with van der Waals surface area (Å²) in [6, 6.07) is 7.87. The van der Waals surface area contributed by atoms with Crippen LogP contribution in [0.2, 0.25) is 0 Å². The number of para-hydroxylation sites is 1. The van der Waals surface area contributed by atoms with Gasteiger partial charge in [-0.15, -0.1) is 13.2 Å². The summed E-state index contributed by atoms with van der Waals surface area (Å²) >= 11 is 0. The fraction of sp³-hybridized carbons (Fsp3) is 0.591. The molecule has 5 nitrogen and oxygen atoms in total. The van der Waals surface area contributed by atoms with E-state index in [0.29, 0.717) is 23.0 Å². The summed E-state index contributed by atoms with van der Waals surface area (Å²) in [5.74, 6) is 0.0590. The molecule has 0 radical (unpaired) electrons. The number of likely N-dealkylation sites (tertiary alicyclic amines) is 1. The van der Waals surface area contributed by atoms with Gasteiger partial charge in [-0.25, -0.2) is 4.98 Å². The van der Waals surface area contributed by atoms with Gasteiger partial charge in [-0.2, -0.15) is 0 Å². The summed E-state index contributed by atoms with van der Waals surface area (Å²) < 4.78 is 47.9. The Kier molecular flexibility index (Phi) is 4.92. The van der Waals surface area contributed by atoms with Crippen LogP contribution in [0.1, 0.15) is 43.6 Å². The van der Waals surface area contributed by atoms with Crippen LogP contribution in [0.4, 0.5) is 19.2 Å². The Labute approximate surface area is 173 Å². The molecule has 2 aliphatic heterocycles. The highest BCUT2D eigenvalue weighted by molar-refractivity contribution is 5.37.